The van der Waals surface area contributed by atoms with E-state index >= 15 is 0 Å². The predicted molar refractivity (Wildman–Crippen MR) is 61.9 cm³/mol. The van der Waals surface area contributed by atoms with Crippen molar-refractivity contribution in [3.63, 3.8) is 0 Å². The van der Waals surface area contributed by atoms with Gasteiger partial charge in [0.25, 0.3) is 0 Å². The number of aryl methyl sites for hydroxylation is 2. The highest BCUT2D eigenvalue weighted by Gasteiger charge is 2.14. The number of aliphatic hydroxyl groups excluding tert-OH is 1. The molecule has 0 aromatic carbocycles. The summed E-state index contributed by atoms with van der Waals surface area (Å²) in [5, 5.41) is 14.1. The summed E-state index contributed by atoms with van der Waals surface area (Å²) in [6.07, 6.45) is 3.22. The van der Waals surface area contributed by atoms with Crippen LogP contribution in [0.2, 0.25) is 0 Å². The number of nitrogens with zero attached hydrogens (tertiary/aromatic N) is 2. The Morgan fingerprint density at radius 3 is 2.47 bits per heavy atom. The Kier molecular flexibility index (Phi) is 4.33. The number of hydrogen-bond donors (Lipinski definition) is 1. The largest absolute Gasteiger partial charge is 0.389 e. The van der Waals surface area contributed by atoms with Gasteiger partial charge in [0.2, 0.25) is 0 Å². The van der Waals surface area contributed by atoms with Gasteiger partial charge in [0.05, 0.1) is 11.8 Å². The second-order valence-electron chi connectivity index (χ2n) is 4.19. The first kappa shape index (κ1) is 12.2. The molecule has 0 fully saturated rings. The summed E-state index contributed by atoms with van der Waals surface area (Å²) in [7, 11) is 0. The van der Waals surface area contributed by atoms with Crippen molar-refractivity contribution in [3.8, 4) is 0 Å². The summed E-state index contributed by atoms with van der Waals surface area (Å²) in [6, 6.07) is 0. The quantitative estimate of drug-likeness (QED) is 0.759. The van der Waals surface area contributed by atoms with Crippen LogP contribution in [0.15, 0.2) is 0 Å². The molecule has 1 atom stereocenters. The van der Waals surface area contributed by atoms with Crippen molar-refractivity contribution in [2.45, 2.75) is 59.6 Å². The molecule has 3 nitrogen and oxygen atoms in total. The third-order valence-electron chi connectivity index (χ3n) is 2.83. The van der Waals surface area contributed by atoms with Crippen molar-refractivity contribution in [2.24, 2.45) is 0 Å². The lowest BCUT2D eigenvalue weighted by Gasteiger charge is -2.06. The topological polar surface area (TPSA) is 38.0 Å². The van der Waals surface area contributed by atoms with Gasteiger partial charge in [0, 0.05) is 17.8 Å². The van der Waals surface area contributed by atoms with Crippen molar-refractivity contribution in [1.29, 1.82) is 0 Å². The molecule has 0 saturated carbocycles. The smallest absolute Gasteiger partial charge is 0.0797 e. The van der Waals surface area contributed by atoms with Crippen LogP contribution in [-0.2, 0) is 6.54 Å². The van der Waals surface area contributed by atoms with E-state index in [9.17, 15) is 5.11 Å². The average Bonchev–Trinajstić information content (AvgIpc) is 2.42. The first-order valence-electron chi connectivity index (χ1n) is 5.79. The van der Waals surface area contributed by atoms with E-state index in [-0.39, 0.29) is 0 Å². The van der Waals surface area contributed by atoms with Gasteiger partial charge in [-0.05, 0) is 27.2 Å². The molecule has 0 aliphatic carbocycles. The average molecular weight is 210 g/mol. The number of aliphatic hydroxyl groups is 1. The zero-order valence-corrected chi connectivity index (χ0v) is 10.2. The highest BCUT2D eigenvalue weighted by atomic mass is 16.3. The van der Waals surface area contributed by atoms with Crippen LogP contribution in [0.3, 0.4) is 0 Å². The molecule has 1 N–H and O–H groups in total. The molecule has 1 aromatic rings. The number of aromatic nitrogens is 2. The van der Waals surface area contributed by atoms with Crippen molar-refractivity contribution < 1.29 is 5.11 Å². The van der Waals surface area contributed by atoms with Gasteiger partial charge in [0.15, 0.2) is 0 Å². The summed E-state index contributed by atoms with van der Waals surface area (Å²) in [4.78, 5) is 0. The van der Waals surface area contributed by atoms with Gasteiger partial charge in [-0.25, -0.2) is 0 Å². The van der Waals surface area contributed by atoms with E-state index in [1.54, 1.807) is 6.92 Å². The molecular weight excluding hydrogens is 188 g/mol. The Bertz CT molecular complexity index is 316. The lowest BCUT2D eigenvalue weighted by atomic mass is 10.1. The second-order valence-corrected chi connectivity index (χ2v) is 4.19. The van der Waals surface area contributed by atoms with Crippen LogP contribution in [0.1, 0.15) is 56.2 Å². The maximum Gasteiger partial charge on any atom is 0.0797 e. The van der Waals surface area contributed by atoms with Gasteiger partial charge in [-0.1, -0.05) is 19.8 Å². The summed E-state index contributed by atoms with van der Waals surface area (Å²) in [5.74, 6) is 0. The van der Waals surface area contributed by atoms with E-state index in [2.05, 4.69) is 12.0 Å². The van der Waals surface area contributed by atoms with Crippen molar-refractivity contribution in [2.75, 3.05) is 0 Å². The van der Waals surface area contributed by atoms with Crippen molar-refractivity contribution in [3.05, 3.63) is 17.0 Å². The highest BCUT2D eigenvalue weighted by molar-refractivity contribution is 5.26. The minimum Gasteiger partial charge on any atom is -0.389 e. The van der Waals surface area contributed by atoms with E-state index in [0.717, 1.165) is 29.9 Å². The van der Waals surface area contributed by atoms with Gasteiger partial charge in [-0.3, -0.25) is 4.68 Å². The van der Waals surface area contributed by atoms with Gasteiger partial charge in [0.1, 0.15) is 0 Å². The fourth-order valence-electron chi connectivity index (χ4n) is 2.04. The summed E-state index contributed by atoms with van der Waals surface area (Å²) in [6.45, 7) is 8.96. The molecule has 0 aliphatic rings. The lowest BCUT2D eigenvalue weighted by Crippen LogP contribution is -2.03. The highest BCUT2D eigenvalue weighted by Crippen LogP contribution is 2.21. The summed E-state index contributed by atoms with van der Waals surface area (Å²) < 4.78 is 2.02. The molecule has 0 aliphatic heterocycles. The van der Waals surface area contributed by atoms with Crippen LogP contribution >= 0.6 is 0 Å². The molecule has 1 aromatic heterocycles. The summed E-state index contributed by atoms with van der Waals surface area (Å²) in [5.41, 5.74) is 3.06. The van der Waals surface area contributed by atoms with Crippen LogP contribution in [0, 0.1) is 13.8 Å². The molecule has 0 amide bonds. The van der Waals surface area contributed by atoms with Crippen molar-refractivity contribution >= 4 is 0 Å². The molecular formula is C12H22N2O. The minimum absolute atomic E-state index is 0.412. The monoisotopic (exact) mass is 210 g/mol. The molecule has 86 valence electrons. The Hall–Kier alpha value is -0.830. The number of hydrogen-bond acceptors (Lipinski definition) is 2. The molecule has 1 unspecified atom stereocenters. The molecule has 15 heavy (non-hydrogen) atoms. The van der Waals surface area contributed by atoms with Crippen LogP contribution in [0.5, 0.6) is 0 Å². The number of rotatable bonds is 5. The molecule has 0 saturated heterocycles. The third-order valence-corrected chi connectivity index (χ3v) is 2.83. The SMILES string of the molecule is CCCCCn1nc(C)c(C(C)O)c1C. The molecule has 3 heteroatoms. The van der Waals surface area contributed by atoms with Crippen molar-refractivity contribution in [1.82, 2.24) is 9.78 Å². The Morgan fingerprint density at radius 2 is 2.00 bits per heavy atom. The Balaban J connectivity index is 2.77. The normalized spacial score (nSPS) is 13.1. The van der Waals surface area contributed by atoms with Crippen LogP contribution < -0.4 is 0 Å². The maximum absolute atomic E-state index is 9.62. The first-order chi connectivity index (χ1) is 7.07. The van der Waals surface area contributed by atoms with E-state index in [4.69, 9.17) is 0 Å². The van der Waals surface area contributed by atoms with E-state index < -0.39 is 6.10 Å². The van der Waals surface area contributed by atoms with Gasteiger partial charge in [-0.2, -0.15) is 5.10 Å². The van der Waals surface area contributed by atoms with Crippen LogP contribution in [0.4, 0.5) is 0 Å². The Labute approximate surface area is 92.1 Å². The second kappa shape index (κ2) is 5.31. The zero-order valence-electron chi connectivity index (χ0n) is 10.2. The zero-order chi connectivity index (χ0) is 11.4. The van der Waals surface area contributed by atoms with E-state index in [1.807, 2.05) is 18.5 Å². The van der Waals surface area contributed by atoms with E-state index in [0.29, 0.717) is 0 Å². The van der Waals surface area contributed by atoms with Gasteiger partial charge >= 0.3 is 0 Å². The maximum atomic E-state index is 9.62. The first-order valence-corrected chi connectivity index (χ1v) is 5.79. The summed E-state index contributed by atoms with van der Waals surface area (Å²) >= 11 is 0. The van der Waals surface area contributed by atoms with Gasteiger partial charge in [-0.15, -0.1) is 0 Å². The molecule has 0 spiro atoms. The fraction of sp³-hybridized carbons (Fsp3) is 0.750. The molecule has 0 bridgehead atoms. The lowest BCUT2D eigenvalue weighted by molar-refractivity contribution is 0.197. The fourth-order valence-corrected chi connectivity index (χ4v) is 2.04. The molecule has 1 rings (SSSR count). The standard InChI is InChI=1S/C12H22N2O/c1-5-6-7-8-14-10(3)12(11(4)15)9(2)13-14/h11,15H,5-8H2,1-4H3. The van der Waals surface area contributed by atoms with E-state index in [1.165, 1.54) is 12.8 Å². The predicted octanol–water partition coefficient (Wildman–Crippen LogP) is 2.74. The molecule has 0 radical (unpaired) electrons. The minimum atomic E-state index is -0.412. The Morgan fingerprint density at radius 1 is 1.33 bits per heavy atom. The number of unbranched alkanes of at least 4 members (excludes halogenated alkanes) is 2. The van der Waals surface area contributed by atoms with Gasteiger partial charge < -0.3 is 5.11 Å². The van der Waals surface area contributed by atoms with Crippen LogP contribution in [0.25, 0.3) is 0 Å². The molecule has 1 heterocycles. The third kappa shape index (κ3) is 2.81. The van der Waals surface area contributed by atoms with Crippen LogP contribution in [-0.4, -0.2) is 14.9 Å².